The van der Waals surface area contributed by atoms with E-state index in [4.69, 9.17) is 0 Å². The molecule has 0 amide bonds. The third-order valence-corrected chi connectivity index (χ3v) is 4.90. The summed E-state index contributed by atoms with van der Waals surface area (Å²) in [5.74, 6) is 0. The van der Waals surface area contributed by atoms with Gasteiger partial charge in [0.05, 0.1) is 0 Å². The monoisotopic (exact) mass is 260 g/mol. The van der Waals surface area contributed by atoms with Crippen LogP contribution in [-0.4, -0.2) is 30.6 Å². The van der Waals surface area contributed by atoms with Crippen LogP contribution in [-0.2, 0) is 6.54 Å². The maximum Gasteiger partial charge on any atom is 0.0346 e. The Morgan fingerprint density at radius 2 is 2.28 bits per heavy atom. The maximum absolute atomic E-state index is 3.46. The van der Waals surface area contributed by atoms with Gasteiger partial charge in [-0.3, -0.25) is 4.90 Å². The van der Waals surface area contributed by atoms with Gasteiger partial charge in [0.15, 0.2) is 0 Å². The van der Waals surface area contributed by atoms with Gasteiger partial charge in [0.25, 0.3) is 0 Å². The van der Waals surface area contributed by atoms with Crippen LogP contribution in [0.4, 0.5) is 0 Å². The summed E-state index contributed by atoms with van der Waals surface area (Å²) in [6.07, 6.45) is 1.29. The number of benzene rings is 1. The van der Waals surface area contributed by atoms with E-state index in [9.17, 15) is 0 Å². The van der Waals surface area contributed by atoms with Gasteiger partial charge in [0.1, 0.15) is 0 Å². The zero-order valence-electron chi connectivity index (χ0n) is 10.9. The van der Waals surface area contributed by atoms with Crippen LogP contribution >= 0.6 is 11.3 Å². The lowest BCUT2D eigenvalue weighted by atomic mass is 10.1. The maximum atomic E-state index is 3.46. The summed E-state index contributed by atoms with van der Waals surface area (Å²) in [6, 6.07) is 9.46. The SMILES string of the molecule is CCN(Cc1csc2ccccc12)C1CCNC1. The van der Waals surface area contributed by atoms with Crippen molar-refractivity contribution in [1.29, 1.82) is 0 Å². The van der Waals surface area contributed by atoms with Crippen LogP contribution in [0.1, 0.15) is 18.9 Å². The summed E-state index contributed by atoms with van der Waals surface area (Å²) in [4.78, 5) is 2.61. The fraction of sp³-hybridized carbons (Fsp3) is 0.467. The smallest absolute Gasteiger partial charge is 0.0346 e. The summed E-state index contributed by atoms with van der Waals surface area (Å²) in [5, 5.41) is 7.23. The van der Waals surface area contributed by atoms with E-state index >= 15 is 0 Å². The molecule has 3 heteroatoms. The number of rotatable bonds is 4. The zero-order chi connectivity index (χ0) is 12.4. The molecule has 2 heterocycles. The molecule has 1 aliphatic heterocycles. The van der Waals surface area contributed by atoms with Gasteiger partial charge in [-0.1, -0.05) is 25.1 Å². The molecular formula is C15H20N2S. The van der Waals surface area contributed by atoms with E-state index in [1.54, 1.807) is 0 Å². The van der Waals surface area contributed by atoms with Crippen LogP contribution in [0.5, 0.6) is 0 Å². The van der Waals surface area contributed by atoms with Crippen LogP contribution in [0.25, 0.3) is 10.1 Å². The Bertz CT molecular complexity index is 514. The highest BCUT2D eigenvalue weighted by atomic mass is 32.1. The van der Waals surface area contributed by atoms with Gasteiger partial charge in [-0.2, -0.15) is 0 Å². The minimum absolute atomic E-state index is 0.716. The molecule has 1 atom stereocenters. The average Bonchev–Trinajstić information content (AvgIpc) is 3.06. The van der Waals surface area contributed by atoms with E-state index in [0.29, 0.717) is 6.04 Å². The number of thiophene rings is 1. The predicted molar refractivity (Wildman–Crippen MR) is 79.2 cm³/mol. The lowest BCUT2D eigenvalue weighted by molar-refractivity contribution is 0.211. The van der Waals surface area contributed by atoms with Crippen LogP contribution in [0.3, 0.4) is 0 Å². The van der Waals surface area contributed by atoms with Crippen molar-refractivity contribution >= 4 is 21.4 Å². The van der Waals surface area contributed by atoms with Crippen molar-refractivity contribution in [2.75, 3.05) is 19.6 Å². The van der Waals surface area contributed by atoms with Crippen LogP contribution in [0, 0.1) is 0 Å². The van der Waals surface area contributed by atoms with Gasteiger partial charge in [-0.15, -0.1) is 11.3 Å². The van der Waals surface area contributed by atoms with Crippen LogP contribution in [0.2, 0.25) is 0 Å². The number of hydrogen-bond acceptors (Lipinski definition) is 3. The van der Waals surface area contributed by atoms with Crippen LogP contribution < -0.4 is 5.32 Å². The first-order valence-corrected chi connectivity index (χ1v) is 7.66. The molecular weight excluding hydrogens is 240 g/mol. The molecule has 0 saturated carbocycles. The Labute approximate surface area is 113 Å². The van der Waals surface area contributed by atoms with Crippen molar-refractivity contribution in [3.63, 3.8) is 0 Å². The molecule has 2 aromatic rings. The molecule has 2 nitrogen and oxygen atoms in total. The fourth-order valence-corrected chi connectivity index (χ4v) is 3.78. The minimum atomic E-state index is 0.716. The second-order valence-electron chi connectivity index (χ2n) is 4.97. The molecule has 0 spiro atoms. The van der Waals surface area contributed by atoms with Crippen molar-refractivity contribution in [3.8, 4) is 0 Å². The zero-order valence-corrected chi connectivity index (χ0v) is 11.7. The van der Waals surface area contributed by atoms with Crippen LogP contribution in [0.15, 0.2) is 29.6 Å². The molecule has 1 aromatic heterocycles. The Morgan fingerprint density at radius 3 is 3.06 bits per heavy atom. The van der Waals surface area contributed by atoms with E-state index < -0.39 is 0 Å². The normalized spacial score (nSPS) is 20.0. The quantitative estimate of drug-likeness (QED) is 0.909. The molecule has 1 unspecified atom stereocenters. The Hall–Kier alpha value is -0.900. The van der Waals surface area contributed by atoms with Gasteiger partial charge >= 0.3 is 0 Å². The molecule has 1 aliphatic rings. The molecule has 0 radical (unpaired) electrons. The van der Waals surface area contributed by atoms with Crippen molar-refractivity contribution in [3.05, 3.63) is 35.2 Å². The standard InChI is InChI=1S/C15H20N2S/c1-2-17(13-7-8-16-9-13)10-12-11-18-15-6-4-3-5-14(12)15/h3-6,11,13,16H,2,7-10H2,1H3. The second-order valence-corrected chi connectivity index (χ2v) is 5.88. The van der Waals surface area contributed by atoms with Crippen molar-refractivity contribution in [2.45, 2.75) is 25.9 Å². The molecule has 1 N–H and O–H groups in total. The first kappa shape index (κ1) is 12.2. The van der Waals surface area contributed by atoms with Gasteiger partial charge < -0.3 is 5.32 Å². The van der Waals surface area contributed by atoms with Crippen molar-refractivity contribution in [2.24, 2.45) is 0 Å². The lowest BCUT2D eigenvalue weighted by Crippen LogP contribution is -2.36. The molecule has 1 fully saturated rings. The Morgan fingerprint density at radius 1 is 1.39 bits per heavy atom. The summed E-state index contributed by atoms with van der Waals surface area (Å²) >= 11 is 1.87. The molecule has 3 rings (SSSR count). The summed E-state index contributed by atoms with van der Waals surface area (Å²) in [5.41, 5.74) is 1.49. The molecule has 18 heavy (non-hydrogen) atoms. The Kier molecular flexibility index (Phi) is 3.64. The highest BCUT2D eigenvalue weighted by Crippen LogP contribution is 2.27. The summed E-state index contributed by atoms with van der Waals surface area (Å²) < 4.78 is 1.41. The van der Waals surface area contributed by atoms with E-state index in [-0.39, 0.29) is 0 Å². The number of fused-ring (bicyclic) bond motifs is 1. The second kappa shape index (κ2) is 5.39. The van der Waals surface area contributed by atoms with Gasteiger partial charge in [-0.05, 0) is 41.9 Å². The molecule has 0 bridgehead atoms. The fourth-order valence-electron chi connectivity index (χ4n) is 2.82. The summed E-state index contributed by atoms with van der Waals surface area (Å²) in [6.45, 7) is 6.82. The number of nitrogens with one attached hydrogen (secondary N) is 1. The third-order valence-electron chi connectivity index (χ3n) is 3.89. The van der Waals surface area contributed by atoms with E-state index in [2.05, 4.69) is 46.8 Å². The first-order chi connectivity index (χ1) is 8.88. The van der Waals surface area contributed by atoms with E-state index in [0.717, 1.165) is 19.6 Å². The topological polar surface area (TPSA) is 15.3 Å². The molecule has 96 valence electrons. The number of likely N-dealkylation sites (N-methyl/N-ethyl adjacent to an activating group) is 1. The highest BCUT2D eigenvalue weighted by molar-refractivity contribution is 7.17. The number of hydrogen-bond donors (Lipinski definition) is 1. The van der Waals surface area contributed by atoms with Crippen molar-refractivity contribution in [1.82, 2.24) is 10.2 Å². The van der Waals surface area contributed by atoms with Crippen molar-refractivity contribution < 1.29 is 0 Å². The van der Waals surface area contributed by atoms with E-state index in [1.807, 2.05) is 11.3 Å². The largest absolute Gasteiger partial charge is 0.315 e. The van der Waals surface area contributed by atoms with Gasteiger partial charge in [-0.25, -0.2) is 0 Å². The highest BCUT2D eigenvalue weighted by Gasteiger charge is 2.21. The van der Waals surface area contributed by atoms with Gasteiger partial charge in [0, 0.05) is 23.8 Å². The molecule has 0 aliphatic carbocycles. The molecule has 1 saturated heterocycles. The van der Waals surface area contributed by atoms with E-state index in [1.165, 1.54) is 28.6 Å². The van der Waals surface area contributed by atoms with Gasteiger partial charge in [0.2, 0.25) is 0 Å². The number of nitrogens with zero attached hydrogens (tertiary/aromatic N) is 1. The first-order valence-electron chi connectivity index (χ1n) is 6.78. The Balaban J connectivity index is 1.81. The average molecular weight is 260 g/mol. The minimum Gasteiger partial charge on any atom is -0.315 e. The molecule has 1 aromatic carbocycles. The predicted octanol–water partition coefficient (Wildman–Crippen LogP) is 3.09. The lowest BCUT2D eigenvalue weighted by Gasteiger charge is -2.26. The summed E-state index contributed by atoms with van der Waals surface area (Å²) in [7, 11) is 0. The third kappa shape index (κ3) is 2.30.